The van der Waals surface area contributed by atoms with Crippen LogP contribution in [0.15, 0.2) is 18.2 Å². The number of carbonyl (C=O) groups excluding carboxylic acids is 1. The van der Waals surface area contributed by atoms with Gasteiger partial charge < -0.3 is 9.80 Å². The van der Waals surface area contributed by atoms with Gasteiger partial charge >= 0.3 is 0 Å². The molecule has 1 aromatic heterocycles. The number of aromatic nitrogens is 1. The normalized spacial score (nSPS) is 15.7. The van der Waals surface area contributed by atoms with Crippen LogP contribution in [0.2, 0.25) is 0 Å². The van der Waals surface area contributed by atoms with Crippen molar-refractivity contribution in [2.45, 2.75) is 6.92 Å². The van der Waals surface area contributed by atoms with E-state index in [9.17, 15) is 4.79 Å². The molecule has 1 aliphatic heterocycles. The van der Waals surface area contributed by atoms with Crippen LogP contribution in [0, 0.1) is 0 Å². The first-order valence-electron chi connectivity index (χ1n) is 6.55. The number of nitrogen functional groups attached to an aromatic ring is 1. The van der Waals surface area contributed by atoms with E-state index in [4.69, 9.17) is 5.84 Å². The van der Waals surface area contributed by atoms with Gasteiger partial charge in [0, 0.05) is 33.1 Å². The molecule has 20 heavy (non-hydrogen) atoms. The number of rotatable bonds is 2. The molecular formula is C13H17N5OS. The molecule has 3 N–H and O–H groups in total. The lowest BCUT2D eigenvalue weighted by atomic mass is 10.2. The van der Waals surface area contributed by atoms with Gasteiger partial charge in [-0.25, -0.2) is 10.8 Å². The van der Waals surface area contributed by atoms with E-state index in [-0.39, 0.29) is 5.91 Å². The monoisotopic (exact) mass is 291 g/mol. The molecule has 3 rings (SSSR count). The van der Waals surface area contributed by atoms with E-state index in [1.165, 1.54) is 0 Å². The van der Waals surface area contributed by atoms with Crippen LogP contribution >= 0.6 is 11.3 Å². The van der Waals surface area contributed by atoms with Crippen molar-refractivity contribution in [2.75, 3.05) is 36.5 Å². The zero-order chi connectivity index (χ0) is 14.1. The van der Waals surface area contributed by atoms with Crippen molar-refractivity contribution in [2.24, 2.45) is 5.84 Å². The summed E-state index contributed by atoms with van der Waals surface area (Å²) in [6.07, 6.45) is 0. The van der Waals surface area contributed by atoms with Crippen LogP contribution in [0.3, 0.4) is 0 Å². The van der Waals surface area contributed by atoms with E-state index in [1.54, 1.807) is 18.3 Å². The number of thiazole rings is 1. The molecule has 1 saturated heterocycles. The number of piperazine rings is 1. The van der Waals surface area contributed by atoms with Crippen molar-refractivity contribution in [3.63, 3.8) is 0 Å². The summed E-state index contributed by atoms with van der Waals surface area (Å²) in [7, 11) is 0. The average molecular weight is 291 g/mol. The zero-order valence-corrected chi connectivity index (χ0v) is 12.1. The second-order valence-corrected chi connectivity index (χ2v) is 5.81. The minimum Gasteiger partial charge on any atom is -0.366 e. The number of hydrogen-bond donors (Lipinski definition) is 2. The van der Waals surface area contributed by atoms with E-state index >= 15 is 0 Å². The Hall–Kier alpha value is -1.86. The summed E-state index contributed by atoms with van der Waals surface area (Å²) in [4.78, 5) is 20.1. The number of hydrogen-bond acceptors (Lipinski definition) is 6. The number of carbonyl (C=O) groups is 1. The summed E-state index contributed by atoms with van der Waals surface area (Å²) in [5, 5.41) is 0.717. The summed E-state index contributed by atoms with van der Waals surface area (Å²) in [5.74, 6) is 5.58. The molecule has 1 fully saturated rings. The first-order chi connectivity index (χ1) is 9.69. The maximum atomic E-state index is 11.4. The topological polar surface area (TPSA) is 74.5 Å². The van der Waals surface area contributed by atoms with Crippen LogP contribution in [0.4, 0.5) is 10.8 Å². The second kappa shape index (κ2) is 5.26. The van der Waals surface area contributed by atoms with Gasteiger partial charge in [0.25, 0.3) is 0 Å². The molecule has 0 saturated carbocycles. The number of fused-ring (bicyclic) bond motifs is 1. The largest absolute Gasteiger partial charge is 0.366 e. The predicted molar refractivity (Wildman–Crippen MR) is 81.9 cm³/mol. The molecule has 6 nitrogen and oxygen atoms in total. The Balaban J connectivity index is 1.87. The maximum absolute atomic E-state index is 11.4. The van der Waals surface area contributed by atoms with Gasteiger partial charge in [-0.15, -0.1) is 0 Å². The zero-order valence-electron chi connectivity index (χ0n) is 11.3. The van der Waals surface area contributed by atoms with Crippen LogP contribution in [0.25, 0.3) is 10.2 Å². The highest BCUT2D eigenvalue weighted by atomic mass is 32.1. The number of benzene rings is 1. The molecule has 0 aliphatic carbocycles. The third-order valence-corrected chi connectivity index (χ3v) is 4.54. The third kappa shape index (κ3) is 2.30. The smallest absolute Gasteiger partial charge is 0.219 e. The highest BCUT2D eigenvalue weighted by molar-refractivity contribution is 7.22. The third-order valence-electron chi connectivity index (χ3n) is 3.59. The van der Waals surface area contributed by atoms with Crippen molar-refractivity contribution in [1.29, 1.82) is 0 Å². The summed E-state index contributed by atoms with van der Waals surface area (Å²) in [6.45, 7) is 4.81. The van der Waals surface area contributed by atoms with E-state index < -0.39 is 0 Å². The summed E-state index contributed by atoms with van der Waals surface area (Å²) in [6, 6.07) is 6.16. The number of hydrazine groups is 1. The predicted octanol–water partition coefficient (Wildman–Crippen LogP) is 1.25. The molecule has 2 heterocycles. The fourth-order valence-electron chi connectivity index (χ4n) is 2.51. The van der Waals surface area contributed by atoms with Crippen LogP contribution in [0.1, 0.15) is 6.92 Å². The van der Waals surface area contributed by atoms with Crippen LogP contribution in [-0.2, 0) is 4.79 Å². The van der Waals surface area contributed by atoms with Crippen LogP contribution in [-0.4, -0.2) is 42.0 Å². The SMILES string of the molecule is CC(=O)N1CCN(c2cccc3sc(NN)nc23)CC1. The van der Waals surface area contributed by atoms with Gasteiger partial charge in [-0.3, -0.25) is 10.2 Å². The Morgan fingerprint density at radius 1 is 1.35 bits per heavy atom. The summed E-state index contributed by atoms with van der Waals surface area (Å²) in [5.41, 5.74) is 4.69. The standard InChI is InChI=1S/C13H17N5OS/c1-9(19)17-5-7-18(8-6-17)10-3-2-4-11-12(10)15-13(16-14)20-11/h2-4H,5-8,14H2,1H3,(H,15,16). The average Bonchev–Trinajstić information content (AvgIpc) is 2.90. The molecule has 0 radical (unpaired) electrons. The second-order valence-electron chi connectivity index (χ2n) is 4.78. The van der Waals surface area contributed by atoms with E-state index in [0.29, 0.717) is 0 Å². The van der Waals surface area contributed by atoms with E-state index in [0.717, 1.165) is 47.2 Å². The fraction of sp³-hybridized carbons (Fsp3) is 0.385. The van der Waals surface area contributed by atoms with E-state index in [2.05, 4.69) is 21.4 Å². The Bertz CT molecular complexity index is 633. The van der Waals surface area contributed by atoms with Gasteiger partial charge in [-0.2, -0.15) is 0 Å². The van der Waals surface area contributed by atoms with Crippen LogP contribution < -0.4 is 16.2 Å². The van der Waals surface area contributed by atoms with Gasteiger partial charge in [0.1, 0.15) is 5.52 Å². The minimum atomic E-state index is 0.145. The first-order valence-corrected chi connectivity index (χ1v) is 7.37. The Morgan fingerprint density at radius 3 is 2.75 bits per heavy atom. The maximum Gasteiger partial charge on any atom is 0.219 e. The molecule has 2 aromatic rings. The molecule has 7 heteroatoms. The quantitative estimate of drug-likeness (QED) is 0.643. The molecule has 0 atom stereocenters. The van der Waals surface area contributed by atoms with Crippen molar-refractivity contribution >= 4 is 38.3 Å². The van der Waals surface area contributed by atoms with Crippen molar-refractivity contribution in [3.05, 3.63) is 18.2 Å². The van der Waals surface area contributed by atoms with E-state index in [1.807, 2.05) is 17.0 Å². The molecule has 106 valence electrons. The lowest BCUT2D eigenvalue weighted by Crippen LogP contribution is -2.48. The number of nitrogens with zero attached hydrogens (tertiary/aromatic N) is 3. The molecule has 0 bridgehead atoms. The van der Waals surface area contributed by atoms with Gasteiger partial charge in [0.15, 0.2) is 5.13 Å². The lowest BCUT2D eigenvalue weighted by molar-refractivity contribution is -0.129. The van der Waals surface area contributed by atoms with Crippen LogP contribution in [0.5, 0.6) is 0 Å². The van der Waals surface area contributed by atoms with Crippen molar-refractivity contribution in [1.82, 2.24) is 9.88 Å². The summed E-state index contributed by atoms with van der Waals surface area (Å²) >= 11 is 1.54. The van der Waals surface area contributed by atoms with Gasteiger partial charge in [-0.1, -0.05) is 17.4 Å². The molecule has 0 spiro atoms. The van der Waals surface area contributed by atoms with Gasteiger partial charge in [0.05, 0.1) is 10.4 Å². The Morgan fingerprint density at radius 2 is 2.10 bits per heavy atom. The Labute approximate surface area is 121 Å². The molecule has 0 unspecified atom stereocenters. The number of nitrogens with two attached hydrogens (primary N) is 1. The lowest BCUT2D eigenvalue weighted by Gasteiger charge is -2.35. The highest BCUT2D eigenvalue weighted by Crippen LogP contribution is 2.32. The fourth-order valence-corrected chi connectivity index (χ4v) is 3.31. The van der Waals surface area contributed by atoms with Gasteiger partial charge in [-0.05, 0) is 12.1 Å². The molecule has 1 amide bonds. The van der Waals surface area contributed by atoms with Crippen molar-refractivity contribution in [3.8, 4) is 0 Å². The summed E-state index contributed by atoms with van der Waals surface area (Å²) < 4.78 is 1.12. The number of para-hydroxylation sites is 1. The highest BCUT2D eigenvalue weighted by Gasteiger charge is 2.21. The number of amides is 1. The number of anilines is 2. The molecule has 1 aliphatic rings. The van der Waals surface area contributed by atoms with Gasteiger partial charge in [0.2, 0.25) is 5.91 Å². The Kier molecular flexibility index (Phi) is 3.45. The molecule has 1 aromatic carbocycles. The molecular weight excluding hydrogens is 274 g/mol. The first kappa shape index (κ1) is 13.1. The van der Waals surface area contributed by atoms with Crippen molar-refractivity contribution < 1.29 is 4.79 Å². The minimum absolute atomic E-state index is 0.145. The number of nitrogens with one attached hydrogen (secondary N) is 1.